The summed E-state index contributed by atoms with van der Waals surface area (Å²) in [6.45, 7) is 0.386. The molecule has 6 nitrogen and oxygen atoms in total. The van der Waals surface area contributed by atoms with E-state index in [2.05, 4.69) is 10.6 Å². The second kappa shape index (κ2) is 5.26. The molecule has 0 bridgehead atoms. The lowest BCUT2D eigenvalue weighted by Gasteiger charge is -2.27. The number of sulfone groups is 1. The van der Waals surface area contributed by atoms with Gasteiger partial charge in [-0.25, -0.2) is 8.42 Å². The topological polar surface area (TPSA) is 92.3 Å². The predicted molar refractivity (Wildman–Crippen MR) is 65.6 cm³/mol. The molecule has 2 unspecified atom stereocenters. The molecule has 2 atom stereocenters. The first-order chi connectivity index (χ1) is 8.49. The van der Waals surface area contributed by atoms with Gasteiger partial charge in [0.15, 0.2) is 9.84 Å². The summed E-state index contributed by atoms with van der Waals surface area (Å²) < 4.78 is 23.6. The summed E-state index contributed by atoms with van der Waals surface area (Å²) in [5, 5.41) is 4.49. The number of carbonyl (C=O) groups excluding carboxylic acids is 2. The van der Waals surface area contributed by atoms with Gasteiger partial charge in [-0.3, -0.25) is 9.59 Å². The highest BCUT2D eigenvalue weighted by atomic mass is 32.2. The summed E-state index contributed by atoms with van der Waals surface area (Å²) in [6, 6.07) is -0.146. The molecular weight excluding hydrogens is 256 g/mol. The molecule has 2 amide bonds. The van der Waals surface area contributed by atoms with Crippen molar-refractivity contribution >= 4 is 21.7 Å². The number of piperidine rings is 1. The Bertz CT molecular complexity index is 436. The normalized spacial score (nSPS) is 31.4. The highest BCUT2D eigenvalue weighted by Gasteiger charge is 2.35. The third-order valence-electron chi connectivity index (χ3n) is 3.48. The summed E-state index contributed by atoms with van der Waals surface area (Å²) in [7, 11) is -3.28. The number of hydrogen-bond acceptors (Lipinski definition) is 4. The van der Waals surface area contributed by atoms with E-state index < -0.39 is 21.0 Å². The van der Waals surface area contributed by atoms with Gasteiger partial charge in [0.1, 0.15) is 5.25 Å². The van der Waals surface area contributed by atoms with E-state index in [0.717, 1.165) is 6.42 Å². The van der Waals surface area contributed by atoms with Crippen molar-refractivity contribution in [2.45, 2.75) is 43.4 Å². The first kappa shape index (κ1) is 13.3. The molecule has 2 saturated heterocycles. The molecule has 0 aromatic rings. The van der Waals surface area contributed by atoms with Crippen LogP contribution in [0.4, 0.5) is 0 Å². The van der Waals surface area contributed by atoms with Crippen LogP contribution >= 0.6 is 0 Å². The van der Waals surface area contributed by atoms with Gasteiger partial charge in [-0.1, -0.05) is 6.42 Å². The standard InChI is InChI=1S/C11H18N2O4S/c14-10-5-4-8(7-12-10)13-11(15)9-3-1-2-6-18(9,16)17/h8-9H,1-7H2,(H,12,14)(H,13,15). The van der Waals surface area contributed by atoms with Crippen LogP contribution in [-0.2, 0) is 19.4 Å². The quantitative estimate of drug-likeness (QED) is 0.700. The molecule has 0 spiro atoms. The van der Waals surface area contributed by atoms with Crippen molar-refractivity contribution in [1.29, 1.82) is 0 Å². The highest BCUT2D eigenvalue weighted by molar-refractivity contribution is 7.92. The summed E-state index contributed by atoms with van der Waals surface area (Å²) >= 11 is 0. The smallest absolute Gasteiger partial charge is 0.238 e. The first-order valence-corrected chi connectivity index (χ1v) is 7.99. The van der Waals surface area contributed by atoms with Crippen LogP contribution in [0.25, 0.3) is 0 Å². The molecule has 0 saturated carbocycles. The van der Waals surface area contributed by atoms with Gasteiger partial charge in [0, 0.05) is 19.0 Å². The van der Waals surface area contributed by atoms with Crippen molar-refractivity contribution in [1.82, 2.24) is 10.6 Å². The highest BCUT2D eigenvalue weighted by Crippen LogP contribution is 2.20. The summed E-state index contributed by atoms with van der Waals surface area (Å²) in [5.74, 6) is -0.325. The van der Waals surface area contributed by atoms with Gasteiger partial charge >= 0.3 is 0 Å². The lowest BCUT2D eigenvalue weighted by Crippen LogP contribution is -2.52. The average molecular weight is 274 g/mol. The number of hydrogen-bond donors (Lipinski definition) is 2. The minimum atomic E-state index is -3.28. The SMILES string of the molecule is O=C1CCC(NC(=O)C2CCCCS2(=O)=O)CN1. The Balaban J connectivity index is 1.93. The van der Waals surface area contributed by atoms with Crippen molar-refractivity contribution in [3.63, 3.8) is 0 Å². The summed E-state index contributed by atoms with van der Waals surface area (Å²) in [6.07, 6.45) is 2.78. The molecule has 0 aromatic carbocycles. The predicted octanol–water partition coefficient (Wildman–Crippen LogP) is -0.651. The largest absolute Gasteiger partial charge is 0.354 e. The molecule has 0 aromatic heterocycles. The maximum absolute atomic E-state index is 12.0. The second-order valence-corrected chi connectivity index (χ2v) is 7.20. The van der Waals surface area contributed by atoms with Gasteiger partial charge < -0.3 is 10.6 Å². The molecule has 0 radical (unpaired) electrons. The lowest BCUT2D eigenvalue weighted by atomic mass is 10.1. The molecule has 2 rings (SSSR count). The molecule has 2 heterocycles. The molecule has 18 heavy (non-hydrogen) atoms. The summed E-state index contributed by atoms with van der Waals surface area (Å²) in [4.78, 5) is 22.9. The van der Waals surface area contributed by atoms with Crippen molar-refractivity contribution in [2.24, 2.45) is 0 Å². The zero-order valence-electron chi connectivity index (χ0n) is 10.1. The van der Waals surface area contributed by atoms with E-state index in [0.29, 0.717) is 32.2 Å². The molecule has 2 aliphatic rings. The van der Waals surface area contributed by atoms with Crippen LogP contribution in [0.3, 0.4) is 0 Å². The fourth-order valence-corrected chi connectivity index (χ4v) is 4.21. The Hall–Kier alpha value is -1.11. The molecule has 0 aliphatic carbocycles. The molecule has 2 N–H and O–H groups in total. The van der Waals surface area contributed by atoms with Gasteiger partial charge in [0.2, 0.25) is 11.8 Å². The lowest BCUT2D eigenvalue weighted by molar-refractivity contribution is -0.125. The van der Waals surface area contributed by atoms with E-state index in [4.69, 9.17) is 0 Å². The Kier molecular flexibility index (Phi) is 3.89. The second-order valence-electron chi connectivity index (χ2n) is 4.90. The molecule has 7 heteroatoms. The van der Waals surface area contributed by atoms with Crippen LogP contribution in [-0.4, -0.2) is 43.8 Å². The van der Waals surface area contributed by atoms with Crippen LogP contribution < -0.4 is 10.6 Å². The zero-order valence-corrected chi connectivity index (χ0v) is 11.0. The average Bonchev–Trinajstić information content (AvgIpc) is 2.31. The van der Waals surface area contributed by atoms with E-state index in [1.54, 1.807) is 0 Å². The number of rotatable bonds is 2. The van der Waals surface area contributed by atoms with E-state index in [-0.39, 0.29) is 17.7 Å². The van der Waals surface area contributed by atoms with Crippen LogP contribution in [0.2, 0.25) is 0 Å². The molecule has 2 aliphatic heterocycles. The Labute approximate surface area is 106 Å². The van der Waals surface area contributed by atoms with Gasteiger partial charge in [-0.15, -0.1) is 0 Å². The fourth-order valence-electron chi connectivity index (χ4n) is 2.40. The van der Waals surface area contributed by atoms with Gasteiger partial charge in [-0.05, 0) is 19.3 Å². The summed E-state index contributed by atoms with van der Waals surface area (Å²) in [5.41, 5.74) is 0. The molecular formula is C11H18N2O4S. The van der Waals surface area contributed by atoms with Gasteiger partial charge in [0.05, 0.1) is 5.75 Å². The third-order valence-corrected chi connectivity index (χ3v) is 5.66. The van der Waals surface area contributed by atoms with Crippen molar-refractivity contribution in [3.8, 4) is 0 Å². The maximum atomic E-state index is 12.0. The monoisotopic (exact) mass is 274 g/mol. The van der Waals surface area contributed by atoms with E-state index >= 15 is 0 Å². The van der Waals surface area contributed by atoms with Crippen LogP contribution in [0, 0.1) is 0 Å². The van der Waals surface area contributed by atoms with E-state index in [1.165, 1.54) is 0 Å². The van der Waals surface area contributed by atoms with E-state index in [9.17, 15) is 18.0 Å². The fraction of sp³-hybridized carbons (Fsp3) is 0.818. The molecule has 102 valence electrons. The number of carbonyl (C=O) groups is 2. The van der Waals surface area contributed by atoms with Crippen LogP contribution in [0.15, 0.2) is 0 Å². The Morgan fingerprint density at radius 1 is 1.28 bits per heavy atom. The number of nitrogens with one attached hydrogen (secondary N) is 2. The van der Waals surface area contributed by atoms with Crippen molar-refractivity contribution < 1.29 is 18.0 Å². The number of amides is 2. The van der Waals surface area contributed by atoms with Crippen molar-refractivity contribution in [2.75, 3.05) is 12.3 Å². The maximum Gasteiger partial charge on any atom is 0.238 e. The molecule has 2 fully saturated rings. The van der Waals surface area contributed by atoms with E-state index in [1.807, 2.05) is 0 Å². The Morgan fingerprint density at radius 2 is 2.06 bits per heavy atom. The van der Waals surface area contributed by atoms with Crippen molar-refractivity contribution in [3.05, 3.63) is 0 Å². The van der Waals surface area contributed by atoms with Crippen LogP contribution in [0.1, 0.15) is 32.1 Å². The van der Waals surface area contributed by atoms with Gasteiger partial charge in [0.25, 0.3) is 0 Å². The zero-order chi connectivity index (χ0) is 13.2. The minimum Gasteiger partial charge on any atom is -0.354 e. The van der Waals surface area contributed by atoms with Gasteiger partial charge in [-0.2, -0.15) is 0 Å². The van der Waals surface area contributed by atoms with Crippen LogP contribution in [0.5, 0.6) is 0 Å². The first-order valence-electron chi connectivity index (χ1n) is 6.28. The Morgan fingerprint density at radius 3 is 2.67 bits per heavy atom. The minimum absolute atomic E-state index is 0.0224. The third kappa shape index (κ3) is 3.01.